The molecule has 0 bridgehead atoms. The second-order valence-electron chi connectivity index (χ2n) is 6.45. The number of pyridine rings is 1. The summed E-state index contributed by atoms with van der Waals surface area (Å²) < 4.78 is 6.88. The van der Waals surface area contributed by atoms with Crippen LogP contribution in [0.2, 0.25) is 0 Å². The molecule has 1 aliphatic heterocycles. The van der Waals surface area contributed by atoms with E-state index in [1.165, 1.54) is 0 Å². The van der Waals surface area contributed by atoms with Crippen LogP contribution >= 0.6 is 24.8 Å². The van der Waals surface area contributed by atoms with E-state index in [2.05, 4.69) is 15.4 Å². The van der Waals surface area contributed by atoms with Gasteiger partial charge in [-0.15, -0.1) is 24.8 Å². The molecule has 10 heteroatoms. The zero-order chi connectivity index (χ0) is 17.5. The van der Waals surface area contributed by atoms with E-state index >= 15 is 0 Å². The summed E-state index contributed by atoms with van der Waals surface area (Å²) in [4.78, 5) is 29.0. The maximum atomic E-state index is 12.5. The molecular formula is C16H25Cl2N5O3. The molecule has 146 valence electrons. The number of ether oxygens (including phenoxy) is 1. The highest BCUT2D eigenvalue weighted by Crippen LogP contribution is 2.21. The number of aromatic nitrogens is 3. The first kappa shape index (κ1) is 22.4. The average Bonchev–Trinajstić information content (AvgIpc) is 2.81. The molecule has 1 fully saturated rings. The van der Waals surface area contributed by atoms with Gasteiger partial charge in [-0.25, -0.2) is 4.98 Å². The summed E-state index contributed by atoms with van der Waals surface area (Å²) >= 11 is 0. The van der Waals surface area contributed by atoms with Gasteiger partial charge >= 0.3 is 0 Å². The zero-order valence-electron chi connectivity index (χ0n) is 15.0. The number of amides is 1. The van der Waals surface area contributed by atoms with Gasteiger partial charge in [0, 0.05) is 32.5 Å². The Morgan fingerprint density at radius 2 is 1.96 bits per heavy atom. The summed E-state index contributed by atoms with van der Waals surface area (Å²) in [6, 6.07) is 0. The molecule has 1 saturated heterocycles. The molecule has 3 rings (SSSR count). The van der Waals surface area contributed by atoms with Crippen LogP contribution in [0.25, 0.3) is 11.0 Å². The number of aromatic amines is 1. The molecule has 0 aliphatic carbocycles. The van der Waals surface area contributed by atoms with E-state index in [9.17, 15) is 9.59 Å². The Morgan fingerprint density at radius 3 is 2.58 bits per heavy atom. The van der Waals surface area contributed by atoms with Crippen LogP contribution in [-0.2, 0) is 23.1 Å². The minimum atomic E-state index is -0.887. The molecule has 2 aromatic heterocycles. The molecule has 0 aromatic carbocycles. The Balaban J connectivity index is 0.00000169. The predicted octanol–water partition coefficient (Wildman–Crippen LogP) is 0.846. The topological polar surface area (TPSA) is 115 Å². The molecule has 3 heterocycles. The normalized spacial score (nSPS) is 15.8. The summed E-state index contributed by atoms with van der Waals surface area (Å²) in [6.45, 7) is 5.04. The molecule has 1 amide bonds. The fourth-order valence-corrected chi connectivity index (χ4v) is 3.22. The molecule has 0 spiro atoms. The van der Waals surface area contributed by atoms with Gasteiger partial charge in [0.2, 0.25) is 5.91 Å². The highest BCUT2D eigenvalue weighted by Gasteiger charge is 2.35. The number of carbonyl (C=O) groups excluding carboxylic acids is 1. The fraction of sp³-hybridized carbons (Fsp3) is 0.562. The third kappa shape index (κ3) is 3.88. The summed E-state index contributed by atoms with van der Waals surface area (Å²) in [5, 5.41) is 6.17. The van der Waals surface area contributed by atoms with Crippen molar-refractivity contribution in [1.29, 1.82) is 0 Å². The molecule has 0 radical (unpaired) electrons. The third-order valence-corrected chi connectivity index (χ3v) is 4.84. The van der Waals surface area contributed by atoms with E-state index in [0.717, 1.165) is 16.8 Å². The lowest BCUT2D eigenvalue weighted by atomic mass is 9.90. The Hall–Kier alpha value is -1.61. The van der Waals surface area contributed by atoms with Crippen molar-refractivity contribution in [3.63, 3.8) is 0 Å². The minimum Gasteiger partial charge on any atom is -0.381 e. The summed E-state index contributed by atoms with van der Waals surface area (Å²) in [6.07, 6.45) is 1.01. The Kier molecular flexibility index (Phi) is 7.24. The van der Waals surface area contributed by atoms with Crippen LogP contribution in [0, 0.1) is 13.8 Å². The van der Waals surface area contributed by atoms with Crippen molar-refractivity contribution in [3.8, 4) is 0 Å². The summed E-state index contributed by atoms with van der Waals surface area (Å²) in [5.74, 6) is -0.188. The van der Waals surface area contributed by atoms with Gasteiger partial charge in [0.1, 0.15) is 0 Å². The Bertz CT molecular complexity index is 856. The van der Waals surface area contributed by atoms with Crippen molar-refractivity contribution in [2.45, 2.75) is 38.8 Å². The number of hydrogen-bond acceptors (Lipinski definition) is 5. The van der Waals surface area contributed by atoms with E-state index < -0.39 is 5.54 Å². The van der Waals surface area contributed by atoms with Gasteiger partial charge in [0.05, 0.1) is 10.9 Å². The third-order valence-electron chi connectivity index (χ3n) is 4.84. The lowest BCUT2D eigenvalue weighted by Gasteiger charge is -2.31. The molecule has 0 saturated carbocycles. The van der Waals surface area contributed by atoms with Crippen LogP contribution in [0.5, 0.6) is 0 Å². The lowest BCUT2D eigenvalue weighted by Crippen LogP contribution is -2.56. The number of H-pyrrole nitrogens is 1. The molecule has 26 heavy (non-hydrogen) atoms. The van der Waals surface area contributed by atoms with E-state index in [1.54, 1.807) is 11.7 Å². The quantitative estimate of drug-likeness (QED) is 0.699. The number of nitrogens with two attached hydrogens (primary N) is 1. The lowest BCUT2D eigenvalue weighted by molar-refractivity contribution is -0.129. The molecule has 0 unspecified atom stereocenters. The van der Waals surface area contributed by atoms with Crippen LogP contribution in [0.1, 0.15) is 29.7 Å². The number of nitrogens with one attached hydrogen (secondary N) is 2. The van der Waals surface area contributed by atoms with Crippen molar-refractivity contribution in [2.75, 3.05) is 13.2 Å². The number of aryl methyl sites for hydroxylation is 3. The van der Waals surface area contributed by atoms with Gasteiger partial charge < -0.3 is 15.8 Å². The summed E-state index contributed by atoms with van der Waals surface area (Å²) in [5.41, 5.74) is 8.21. The van der Waals surface area contributed by atoms with E-state index in [0.29, 0.717) is 43.6 Å². The highest BCUT2D eigenvalue weighted by molar-refractivity contribution is 5.86. The van der Waals surface area contributed by atoms with Crippen LogP contribution in [0.4, 0.5) is 0 Å². The highest BCUT2D eigenvalue weighted by atomic mass is 35.5. The second-order valence-corrected chi connectivity index (χ2v) is 6.45. The van der Waals surface area contributed by atoms with Crippen molar-refractivity contribution >= 4 is 41.8 Å². The first-order valence-corrected chi connectivity index (χ1v) is 8.03. The molecule has 2 aromatic rings. The number of rotatable bonds is 3. The van der Waals surface area contributed by atoms with Crippen LogP contribution in [-0.4, -0.2) is 39.4 Å². The van der Waals surface area contributed by atoms with Gasteiger partial charge in [-0.2, -0.15) is 0 Å². The maximum Gasteiger partial charge on any atom is 0.273 e. The van der Waals surface area contributed by atoms with E-state index in [1.807, 2.05) is 13.8 Å². The molecular weight excluding hydrogens is 381 g/mol. The number of hydrogen-bond donors (Lipinski definition) is 3. The zero-order valence-corrected chi connectivity index (χ0v) is 16.7. The van der Waals surface area contributed by atoms with Crippen LogP contribution in [0.3, 0.4) is 0 Å². The molecule has 4 N–H and O–H groups in total. The fourth-order valence-electron chi connectivity index (χ4n) is 3.22. The molecule has 8 nitrogen and oxygen atoms in total. The second kappa shape index (κ2) is 8.39. The largest absolute Gasteiger partial charge is 0.381 e. The van der Waals surface area contributed by atoms with Crippen LogP contribution < -0.4 is 16.6 Å². The SMILES string of the molecule is Cc1nc2c(c(C)c1CNC(=O)C1(N)CCOCC1)c(=O)[nH]n2C.Cl.Cl. The molecule has 1 aliphatic rings. The number of halogens is 2. The van der Waals surface area contributed by atoms with Crippen LogP contribution in [0.15, 0.2) is 4.79 Å². The minimum absolute atomic E-state index is 0. The predicted molar refractivity (Wildman–Crippen MR) is 104 cm³/mol. The van der Waals surface area contributed by atoms with E-state index in [-0.39, 0.29) is 36.3 Å². The van der Waals surface area contributed by atoms with Crippen molar-refractivity contribution in [3.05, 3.63) is 27.2 Å². The standard InChI is InChI=1S/C16H23N5O3.2ClH/c1-9-11(8-18-15(23)16(17)4-6-24-7-5-16)10(2)19-13-12(9)14(22)20-21(13)3;;/h4-8,17H2,1-3H3,(H,18,23)(H,20,22);2*1H. The number of carbonyl (C=O) groups is 1. The molecule has 0 atom stereocenters. The summed E-state index contributed by atoms with van der Waals surface area (Å²) in [7, 11) is 1.75. The van der Waals surface area contributed by atoms with Gasteiger partial charge in [-0.3, -0.25) is 19.4 Å². The van der Waals surface area contributed by atoms with Gasteiger partial charge in [0.15, 0.2) is 5.65 Å². The van der Waals surface area contributed by atoms with Gasteiger partial charge in [-0.1, -0.05) is 0 Å². The Labute approximate surface area is 163 Å². The first-order chi connectivity index (χ1) is 11.3. The van der Waals surface area contributed by atoms with Gasteiger partial charge in [0.25, 0.3) is 5.56 Å². The van der Waals surface area contributed by atoms with Crippen molar-refractivity contribution < 1.29 is 9.53 Å². The maximum absolute atomic E-state index is 12.5. The monoisotopic (exact) mass is 405 g/mol. The van der Waals surface area contributed by atoms with Gasteiger partial charge in [-0.05, 0) is 37.8 Å². The van der Waals surface area contributed by atoms with E-state index in [4.69, 9.17) is 10.5 Å². The first-order valence-electron chi connectivity index (χ1n) is 8.03. The van der Waals surface area contributed by atoms with Crippen molar-refractivity contribution in [1.82, 2.24) is 20.1 Å². The smallest absolute Gasteiger partial charge is 0.273 e. The van der Waals surface area contributed by atoms with Crippen molar-refractivity contribution in [2.24, 2.45) is 12.8 Å². The number of nitrogens with zero attached hydrogens (tertiary/aromatic N) is 2. The average molecular weight is 406 g/mol. The Morgan fingerprint density at radius 1 is 1.35 bits per heavy atom. The number of fused-ring (bicyclic) bond motifs is 1.